The lowest BCUT2D eigenvalue weighted by Crippen LogP contribution is -1.75. The number of rotatable bonds is 1. The van der Waals surface area contributed by atoms with Gasteiger partial charge in [-0.25, -0.2) is 0 Å². The Morgan fingerprint density at radius 2 is 1.67 bits per heavy atom. The second-order valence-electron chi connectivity index (χ2n) is 2.20. The Labute approximate surface area is 56.5 Å². The molecule has 1 aromatic carbocycles. The molecule has 9 heavy (non-hydrogen) atoms. The Kier molecular flexibility index (Phi) is 1.78. The molecule has 1 aromatic rings. The lowest BCUT2D eigenvalue weighted by Gasteiger charge is -2.04. The molecule has 0 aliphatic rings. The third kappa shape index (κ3) is 1.49. The van der Waals surface area contributed by atoms with Crippen molar-refractivity contribution >= 4 is 0 Å². The van der Waals surface area contributed by atoms with Crippen molar-refractivity contribution in [2.45, 2.75) is 13.8 Å². The highest BCUT2D eigenvalue weighted by Gasteiger charge is 1.75. The van der Waals surface area contributed by atoms with Crippen molar-refractivity contribution in [2.24, 2.45) is 0 Å². The predicted molar refractivity (Wildman–Crippen MR) is 40.3 cm³/mol. The van der Waals surface area contributed by atoms with E-state index >= 15 is 0 Å². The minimum absolute atomic E-state index is 1.29. The maximum atomic E-state index is 2.12. The summed E-state index contributed by atoms with van der Waals surface area (Å²) in [6.45, 7) is 4.14. The van der Waals surface area contributed by atoms with Crippen LogP contribution in [0.5, 0.6) is 0 Å². The van der Waals surface area contributed by atoms with Crippen LogP contribution in [0, 0.1) is 13.3 Å². The van der Waals surface area contributed by atoms with Crippen LogP contribution in [0.25, 0.3) is 0 Å². The molecule has 0 heterocycles. The van der Waals surface area contributed by atoms with Crippen LogP contribution in [0.15, 0.2) is 24.3 Å². The fourth-order valence-electron chi connectivity index (χ4n) is 0.759. The normalized spacial score (nSPS) is 9.11. The molecule has 0 aliphatic carbocycles. The Morgan fingerprint density at radius 3 is 2.11 bits per heavy atom. The van der Waals surface area contributed by atoms with E-state index in [9.17, 15) is 0 Å². The molecule has 0 atom stereocenters. The van der Waals surface area contributed by atoms with Crippen LogP contribution >= 0.6 is 0 Å². The Morgan fingerprint density at radius 1 is 1.11 bits per heavy atom. The third-order valence-electron chi connectivity index (χ3n) is 1.41. The lowest BCUT2D eigenvalue weighted by molar-refractivity contribution is 1.38. The van der Waals surface area contributed by atoms with E-state index in [0.717, 1.165) is 0 Å². The zero-order valence-corrected chi connectivity index (χ0v) is 5.89. The molecule has 0 aromatic heterocycles. The van der Waals surface area contributed by atoms with Crippen molar-refractivity contribution in [3.63, 3.8) is 0 Å². The van der Waals surface area contributed by atoms with Gasteiger partial charge in [0.1, 0.15) is 0 Å². The van der Waals surface area contributed by atoms with Crippen LogP contribution in [0.4, 0.5) is 0 Å². The second kappa shape index (κ2) is 2.58. The number of hydrogen-bond acceptors (Lipinski definition) is 0. The molecular weight excluding hydrogens is 108 g/mol. The van der Waals surface area contributed by atoms with Crippen LogP contribution in [-0.4, -0.2) is 0 Å². The van der Waals surface area contributed by atoms with Gasteiger partial charge in [-0.15, -0.1) is 12.1 Å². The zero-order valence-electron chi connectivity index (χ0n) is 5.89. The Hall–Kier alpha value is -0.910. The summed E-state index contributed by atoms with van der Waals surface area (Å²) < 4.78 is 0. The maximum absolute atomic E-state index is 2.12. The topological polar surface area (TPSA) is 0 Å². The first-order valence-electron chi connectivity index (χ1n) is 3.19. The molecule has 0 radical (unpaired) electrons. The van der Waals surface area contributed by atoms with E-state index in [1.54, 1.807) is 0 Å². The van der Waals surface area contributed by atoms with Crippen LogP contribution < -0.4 is 0 Å². The van der Waals surface area contributed by atoms with Gasteiger partial charge in [0.2, 0.25) is 0 Å². The summed E-state index contributed by atoms with van der Waals surface area (Å²) in [7, 11) is 0. The average Bonchev–Trinajstić information content (AvgIpc) is 1.90. The molecule has 0 spiro atoms. The van der Waals surface area contributed by atoms with E-state index in [1.165, 1.54) is 11.1 Å². The molecule has 0 heteroatoms. The van der Waals surface area contributed by atoms with Crippen LogP contribution in [-0.2, 0) is 0 Å². The molecule has 0 N–H and O–H groups in total. The summed E-state index contributed by atoms with van der Waals surface area (Å²) in [4.78, 5) is 0. The number of benzene rings is 1. The van der Waals surface area contributed by atoms with Crippen molar-refractivity contribution in [3.05, 3.63) is 41.8 Å². The lowest BCUT2D eigenvalue weighted by atomic mass is 10.1. The van der Waals surface area contributed by atoms with E-state index in [4.69, 9.17) is 0 Å². The van der Waals surface area contributed by atoms with E-state index in [1.807, 2.05) is 6.92 Å². The molecule has 0 saturated carbocycles. The molecule has 0 fully saturated rings. The van der Waals surface area contributed by atoms with E-state index in [0.29, 0.717) is 0 Å². The highest BCUT2D eigenvalue weighted by atomic mass is 13.9. The Bertz CT molecular complexity index is 172. The summed E-state index contributed by atoms with van der Waals surface area (Å²) in [5.41, 5.74) is 2.61. The highest BCUT2D eigenvalue weighted by molar-refractivity contribution is 5.25. The molecule has 0 amide bonds. The van der Waals surface area contributed by atoms with Gasteiger partial charge in [-0.2, -0.15) is 24.1 Å². The van der Waals surface area contributed by atoms with E-state index in [2.05, 4.69) is 37.6 Å². The molecule has 0 nitrogen and oxygen atoms in total. The Balaban J connectivity index is 2.88. The van der Waals surface area contributed by atoms with Gasteiger partial charge in [0.15, 0.2) is 0 Å². The van der Waals surface area contributed by atoms with Crippen molar-refractivity contribution < 1.29 is 0 Å². The largest absolute Gasteiger partial charge is 0.192 e. The number of aryl methyl sites for hydroxylation is 1. The SMILES string of the molecule is C[CH-]c1ccc(C)cc1. The third-order valence-corrected chi connectivity index (χ3v) is 1.41. The van der Waals surface area contributed by atoms with Crippen LogP contribution in [0.1, 0.15) is 18.1 Å². The van der Waals surface area contributed by atoms with Crippen molar-refractivity contribution in [1.29, 1.82) is 0 Å². The van der Waals surface area contributed by atoms with Crippen molar-refractivity contribution in [1.82, 2.24) is 0 Å². The van der Waals surface area contributed by atoms with E-state index in [-0.39, 0.29) is 0 Å². The number of hydrogen-bond donors (Lipinski definition) is 0. The van der Waals surface area contributed by atoms with Crippen LogP contribution in [0.2, 0.25) is 0 Å². The minimum atomic E-state index is 1.29. The molecule has 1 rings (SSSR count). The van der Waals surface area contributed by atoms with Gasteiger partial charge in [-0.3, -0.25) is 0 Å². The molecule has 48 valence electrons. The fraction of sp³-hybridized carbons (Fsp3) is 0.222. The maximum Gasteiger partial charge on any atom is -0.0418 e. The van der Waals surface area contributed by atoms with Gasteiger partial charge < -0.3 is 0 Å². The van der Waals surface area contributed by atoms with Crippen LogP contribution in [0.3, 0.4) is 0 Å². The molecule has 0 saturated heterocycles. The summed E-state index contributed by atoms with van der Waals surface area (Å²) in [6.07, 6.45) is 2.10. The van der Waals surface area contributed by atoms with Crippen molar-refractivity contribution in [3.8, 4) is 0 Å². The monoisotopic (exact) mass is 119 g/mol. The molecule has 0 aliphatic heterocycles. The van der Waals surface area contributed by atoms with Gasteiger partial charge >= 0.3 is 0 Å². The predicted octanol–water partition coefficient (Wildman–Crippen LogP) is 2.57. The minimum Gasteiger partial charge on any atom is -0.192 e. The summed E-state index contributed by atoms with van der Waals surface area (Å²) in [6, 6.07) is 8.48. The average molecular weight is 119 g/mol. The zero-order chi connectivity index (χ0) is 6.69. The van der Waals surface area contributed by atoms with Gasteiger partial charge in [0.05, 0.1) is 0 Å². The first kappa shape index (κ1) is 6.21. The quantitative estimate of drug-likeness (QED) is 0.498. The van der Waals surface area contributed by atoms with Gasteiger partial charge in [-0.1, -0.05) is 12.5 Å². The molecule has 0 unspecified atom stereocenters. The van der Waals surface area contributed by atoms with Gasteiger partial charge in [0.25, 0.3) is 0 Å². The first-order valence-corrected chi connectivity index (χ1v) is 3.19. The van der Waals surface area contributed by atoms with Gasteiger partial charge in [-0.05, 0) is 6.92 Å². The van der Waals surface area contributed by atoms with Crippen molar-refractivity contribution in [2.75, 3.05) is 0 Å². The summed E-state index contributed by atoms with van der Waals surface area (Å²) in [5, 5.41) is 0. The fourth-order valence-corrected chi connectivity index (χ4v) is 0.759. The highest BCUT2D eigenvalue weighted by Crippen LogP contribution is 2.03. The standard InChI is InChI=1S/C9H11/c1-3-9-6-4-8(2)5-7-9/h3-7H,1-2H3/q-1. The van der Waals surface area contributed by atoms with Gasteiger partial charge in [0, 0.05) is 0 Å². The second-order valence-corrected chi connectivity index (χ2v) is 2.20. The first-order chi connectivity index (χ1) is 4.33. The summed E-state index contributed by atoms with van der Waals surface area (Å²) >= 11 is 0. The molecule has 0 bridgehead atoms. The summed E-state index contributed by atoms with van der Waals surface area (Å²) in [5.74, 6) is 0. The smallest absolute Gasteiger partial charge is 0.0418 e. The van der Waals surface area contributed by atoms with E-state index < -0.39 is 0 Å². The molecular formula is C9H11-.